The van der Waals surface area contributed by atoms with E-state index in [9.17, 15) is 4.79 Å². The molecular formula is C25H24N6O2. The summed E-state index contributed by atoms with van der Waals surface area (Å²) in [5, 5.41) is 10.8. The lowest BCUT2D eigenvalue weighted by atomic mass is 9.99. The Morgan fingerprint density at radius 1 is 1.18 bits per heavy atom. The lowest BCUT2D eigenvalue weighted by Crippen LogP contribution is -2.45. The van der Waals surface area contributed by atoms with Gasteiger partial charge in [0.1, 0.15) is 6.10 Å². The number of aryl methyl sites for hydroxylation is 1. The minimum atomic E-state index is -0.332. The molecule has 0 radical (unpaired) electrons. The number of carbonyl (C=O) groups is 1. The highest BCUT2D eigenvalue weighted by Crippen LogP contribution is 2.34. The third kappa shape index (κ3) is 4.69. The molecule has 5 rings (SSSR count). The average Bonchev–Trinajstić information content (AvgIpc) is 3.29. The predicted molar refractivity (Wildman–Crippen MR) is 125 cm³/mol. The molecule has 166 valence electrons. The number of nitrogens with zero attached hydrogens (tertiary/aromatic N) is 4. The highest BCUT2D eigenvalue weighted by Gasteiger charge is 2.31. The van der Waals surface area contributed by atoms with E-state index in [0.717, 1.165) is 27.9 Å². The van der Waals surface area contributed by atoms with Crippen LogP contribution in [0.4, 0.5) is 5.69 Å². The number of benzene rings is 1. The van der Waals surface area contributed by atoms with Crippen molar-refractivity contribution in [2.45, 2.75) is 18.6 Å². The molecule has 0 bridgehead atoms. The van der Waals surface area contributed by atoms with E-state index in [4.69, 9.17) is 4.74 Å². The van der Waals surface area contributed by atoms with E-state index < -0.39 is 0 Å². The van der Waals surface area contributed by atoms with E-state index >= 15 is 0 Å². The summed E-state index contributed by atoms with van der Waals surface area (Å²) >= 11 is 0. The summed E-state index contributed by atoms with van der Waals surface area (Å²) in [4.78, 5) is 21.4. The van der Waals surface area contributed by atoms with Crippen LogP contribution in [0.25, 0.3) is 11.1 Å². The Hall–Kier alpha value is -4.20. The Bertz CT molecular complexity index is 1240. The molecule has 8 heteroatoms. The lowest BCUT2D eigenvalue weighted by Gasteiger charge is -2.33. The first-order valence-electron chi connectivity index (χ1n) is 10.8. The fourth-order valence-corrected chi connectivity index (χ4v) is 3.94. The van der Waals surface area contributed by atoms with Gasteiger partial charge in [-0.1, -0.05) is 30.3 Å². The molecule has 33 heavy (non-hydrogen) atoms. The molecule has 1 amide bonds. The maximum atomic E-state index is 12.9. The molecule has 8 nitrogen and oxygen atoms in total. The molecular weight excluding hydrogens is 416 g/mol. The Labute approximate surface area is 191 Å². The van der Waals surface area contributed by atoms with Gasteiger partial charge in [-0.15, -0.1) is 0 Å². The minimum absolute atomic E-state index is 0.0793. The molecule has 0 aliphatic carbocycles. The molecule has 1 aromatic carbocycles. The molecule has 0 fully saturated rings. The summed E-state index contributed by atoms with van der Waals surface area (Å²) in [6, 6.07) is 15.2. The van der Waals surface area contributed by atoms with E-state index in [1.165, 1.54) is 0 Å². The van der Waals surface area contributed by atoms with Crippen molar-refractivity contribution in [1.82, 2.24) is 25.1 Å². The molecule has 0 saturated heterocycles. The highest BCUT2D eigenvalue weighted by molar-refractivity contribution is 5.79. The summed E-state index contributed by atoms with van der Waals surface area (Å²) < 4.78 is 8.03. The van der Waals surface area contributed by atoms with Gasteiger partial charge in [0.05, 0.1) is 30.9 Å². The van der Waals surface area contributed by atoms with E-state index in [1.807, 2.05) is 61.8 Å². The number of pyridine rings is 2. The number of hydrogen-bond acceptors (Lipinski definition) is 6. The number of hydrogen-bond donors (Lipinski definition) is 2. The number of nitrogens with one attached hydrogen (secondary N) is 2. The predicted octanol–water partition coefficient (Wildman–Crippen LogP) is 3.15. The SMILES string of the molecule is Cn1cc(-c2cnc3c(c2)NC[C@@H]([C@H](NC(=O)Cc2ccncc2)c2ccccc2)O3)cn1. The fourth-order valence-electron chi connectivity index (χ4n) is 3.94. The molecule has 1 aliphatic heterocycles. The standard InChI is InChI=1S/C25H24N6O2/c1-31-16-20(14-29-31)19-12-21-25(28-13-19)33-22(15-27-21)24(18-5-3-2-4-6-18)30-23(32)11-17-7-9-26-10-8-17/h2-10,12-14,16,22,24,27H,11,15H2,1H3,(H,30,32)/t22-,24+/m0/s1. The summed E-state index contributed by atoms with van der Waals surface area (Å²) in [7, 11) is 1.88. The van der Waals surface area contributed by atoms with E-state index in [0.29, 0.717) is 12.4 Å². The zero-order valence-corrected chi connectivity index (χ0v) is 18.2. The largest absolute Gasteiger partial charge is 0.468 e. The van der Waals surface area contributed by atoms with E-state index in [1.54, 1.807) is 29.5 Å². The second-order valence-electron chi connectivity index (χ2n) is 8.00. The topological polar surface area (TPSA) is 94.0 Å². The van der Waals surface area contributed by atoms with Gasteiger partial charge in [0.2, 0.25) is 11.8 Å². The van der Waals surface area contributed by atoms with Crippen molar-refractivity contribution >= 4 is 11.6 Å². The van der Waals surface area contributed by atoms with Crippen LogP contribution in [-0.2, 0) is 18.3 Å². The smallest absolute Gasteiger partial charge is 0.237 e. The first-order valence-corrected chi connectivity index (χ1v) is 10.8. The first-order chi connectivity index (χ1) is 16.2. The van der Waals surface area contributed by atoms with Crippen LogP contribution >= 0.6 is 0 Å². The second kappa shape index (κ2) is 9.12. The van der Waals surface area contributed by atoms with Crippen molar-refractivity contribution in [3.8, 4) is 17.0 Å². The number of amides is 1. The molecule has 3 aromatic heterocycles. The zero-order valence-electron chi connectivity index (χ0n) is 18.2. The Morgan fingerprint density at radius 2 is 2.00 bits per heavy atom. The van der Waals surface area contributed by atoms with Gasteiger partial charge in [0.25, 0.3) is 0 Å². The van der Waals surface area contributed by atoms with Crippen LogP contribution < -0.4 is 15.4 Å². The monoisotopic (exact) mass is 440 g/mol. The highest BCUT2D eigenvalue weighted by atomic mass is 16.5. The normalized spacial score (nSPS) is 15.6. The van der Waals surface area contributed by atoms with Gasteiger partial charge >= 0.3 is 0 Å². The summed E-state index contributed by atoms with van der Waals surface area (Å²) in [5.41, 5.74) is 4.65. The van der Waals surface area contributed by atoms with Crippen LogP contribution in [-0.4, -0.2) is 38.3 Å². The van der Waals surface area contributed by atoms with Gasteiger partial charge in [0.15, 0.2) is 0 Å². The summed E-state index contributed by atoms with van der Waals surface area (Å²) in [6.45, 7) is 0.528. The van der Waals surface area contributed by atoms with E-state index in [2.05, 4.69) is 25.7 Å². The molecule has 0 unspecified atom stereocenters. The maximum Gasteiger partial charge on any atom is 0.237 e. The van der Waals surface area contributed by atoms with Crippen LogP contribution in [0.5, 0.6) is 5.88 Å². The fraction of sp³-hybridized carbons (Fsp3) is 0.200. The molecule has 0 saturated carbocycles. The Balaban J connectivity index is 1.36. The maximum absolute atomic E-state index is 12.9. The molecule has 0 spiro atoms. The van der Waals surface area contributed by atoms with Crippen LogP contribution in [0.1, 0.15) is 17.2 Å². The molecule has 2 N–H and O–H groups in total. The zero-order chi connectivity index (χ0) is 22.6. The van der Waals surface area contributed by atoms with Crippen molar-refractivity contribution in [2.24, 2.45) is 7.05 Å². The quantitative estimate of drug-likeness (QED) is 0.478. The molecule has 4 heterocycles. The number of anilines is 1. The first kappa shape index (κ1) is 20.7. The van der Waals surface area contributed by atoms with Gasteiger partial charge in [-0.05, 0) is 29.3 Å². The van der Waals surface area contributed by atoms with Crippen LogP contribution in [0.3, 0.4) is 0 Å². The van der Waals surface area contributed by atoms with Crippen LogP contribution in [0.2, 0.25) is 0 Å². The van der Waals surface area contributed by atoms with Crippen molar-refractivity contribution in [2.75, 3.05) is 11.9 Å². The number of fused-ring (bicyclic) bond motifs is 1. The van der Waals surface area contributed by atoms with E-state index in [-0.39, 0.29) is 24.5 Å². The molecule has 2 atom stereocenters. The van der Waals surface area contributed by atoms with Gasteiger partial charge in [0, 0.05) is 43.0 Å². The Morgan fingerprint density at radius 3 is 2.76 bits per heavy atom. The second-order valence-corrected chi connectivity index (χ2v) is 8.00. The van der Waals surface area contributed by atoms with Crippen molar-refractivity contribution in [1.29, 1.82) is 0 Å². The number of rotatable bonds is 6. The van der Waals surface area contributed by atoms with Crippen molar-refractivity contribution < 1.29 is 9.53 Å². The van der Waals surface area contributed by atoms with Crippen molar-refractivity contribution in [3.05, 3.63) is 90.6 Å². The van der Waals surface area contributed by atoms with Gasteiger partial charge in [-0.2, -0.15) is 5.10 Å². The Kier molecular flexibility index (Phi) is 5.72. The lowest BCUT2D eigenvalue weighted by molar-refractivity contribution is -0.121. The number of ether oxygens (including phenoxy) is 1. The third-order valence-corrected chi connectivity index (χ3v) is 5.61. The summed E-state index contributed by atoms with van der Waals surface area (Å²) in [6.07, 6.45) is 8.86. The molecule has 4 aromatic rings. The van der Waals surface area contributed by atoms with Crippen molar-refractivity contribution in [3.63, 3.8) is 0 Å². The number of carbonyl (C=O) groups excluding carboxylic acids is 1. The number of aromatic nitrogens is 4. The van der Waals surface area contributed by atoms with Gasteiger partial charge < -0.3 is 15.4 Å². The van der Waals surface area contributed by atoms with Crippen LogP contribution in [0.15, 0.2) is 79.5 Å². The average molecular weight is 441 g/mol. The van der Waals surface area contributed by atoms with Gasteiger partial charge in [-0.25, -0.2) is 4.98 Å². The summed E-state index contributed by atoms with van der Waals surface area (Å²) in [5.74, 6) is 0.438. The van der Waals surface area contributed by atoms with Crippen LogP contribution in [0, 0.1) is 0 Å². The van der Waals surface area contributed by atoms with Gasteiger partial charge in [-0.3, -0.25) is 14.5 Å². The minimum Gasteiger partial charge on any atom is -0.468 e. The third-order valence-electron chi connectivity index (χ3n) is 5.61. The molecule has 1 aliphatic rings.